The van der Waals surface area contributed by atoms with Crippen molar-refractivity contribution >= 4 is 43.6 Å². The minimum absolute atomic E-state index is 0.158. The van der Waals surface area contributed by atoms with Gasteiger partial charge in [0.1, 0.15) is 5.56 Å². The summed E-state index contributed by atoms with van der Waals surface area (Å²) < 4.78 is 131. The summed E-state index contributed by atoms with van der Waals surface area (Å²) in [4.78, 5) is 9.10. The smallest absolute Gasteiger partial charge is 0.309 e. The second-order valence-electron chi connectivity index (χ2n) is 17.1. The van der Waals surface area contributed by atoms with Gasteiger partial charge in [-0.15, -0.1) is 0 Å². The van der Waals surface area contributed by atoms with Crippen molar-refractivity contribution in [2.45, 2.75) is 6.18 Å². The molecule has 8 aromatic carbocycles. The van der Waals surface area contributed by atoms with Gasteiger partial charge in [0, 0.05) is 50.6 Å². The Morgan fingerprint density at radius 1 is 0.352 bits per heavy atom. The van der Waals surface area contributed by atoms with Crippen molar-refractivity contribution in [3.8, 4) is 67.3 Å². The number of fused-ring (bicyclic) bond motifs is 6. The maximum absolute atomic E-state index is 16.9. The molecule has 4 heterocycles. The van der Waals surface area contributed by atoms with E-state index in [0.29, 0.717) is 60.7 Å². The zero-order valence-electron chi connectivity index (χ0n) is 36.8. The third kappa shape index (κ3) is 7.04. The van der Waals surface area contributed by atoms with E-state index in [9.17, 15) is 4.39 Å². The highest BCUT2D eigenvalue weighted by Crippen LogP contribution is 2.49. The predicted octanol–water partition coefficient (Wildman–Crippen LogP) is 16.7. The molecule has 0 aliphatic carbocycles. The number of alkyl halides is 3. The molecule has 0 atom stereocenters. The van der Waals surface area contributed by atoms with Gasteiger partial charge in [-0.1, -0.05) is 121 Å². The van der Waals surface area contributed by atoms with Crippen LogP contribution >= 0.6 is 0 Å². The minimum atomic E-state index is -5.35. The van der Waals surface area contributed by atoms with E-state index in [0.717, 1.165) is 28.8 Å². The summed E-state index contributed by atoms with van der Waals surface area (Å²) in [5, 5.41) is 2.11. The van der Waals surface area contributed by atoms with Crippen molar-refractivity contribution in [2.75, 3.05) is 0 Å². The van der Waals surface area contributed by atoms with Crippen molar-refractivity contribution in [1.29, 1.82) is 0 Å². The molecule has 0 fully saturated rings. The van der Waals surface area contributed by atoms with E-state index >= 15 is 30.7 Å². The highest BCUT2D eigenvalue weighted by Gasteiger charge is 2.42. The van der Waals surface area contributed by atoms with Gasteiger partial charge in [0.05, 0.1) is 50.4 Å². The van der Waals surface area contributed by atoms with E-state index in [-0.39, 0.29) is 11.0 Å². The zero-order valence-corrected chi connectivity index (χ0v) is 36.8. The first-order chi connectivity index (χ1) is 34.5. The highest BCUT2D eigenvalue weighted by molar-refractivity contribution is 6.12. The Balaban J connectivity index is 1.20. The molecular weight excluding hydrogens is 917 g/mol. The van der Waals surface area contributed by atoms with Crippen molar-refractivity contribution < 1.29 is 35.1 Å². The minimum Gasteiger partial charge on any atom is -0.309 e. The van der Waals surface area contributed by atoms with E-state index in [1.165, 1.54) is 9.13 Å². The van der Waals surface area contributed by atoms with Crippen LogP contribution in [0, 0.1) is 29.1 Å². The quantitative estimate of drug-likeness (QED) is 0.0907. The van der Waals surface area contributed by atoms with E-state index in [1.807, 2.05) is 84.9 Å². The Hall–Kier alpha value is -8.90. The average Bonchev–Trinajstić information content (AvgIpc) is 3.92. The van der Waals surface area contributed by atoms with Gasteiger partial charge in [-0.05, 0) is 82.9 Å². The fourth-order valence-electron chi connectivity index (χ4n) is 9.88. The molecule has 71 heavy (non-hydrogen) atoms. The summed E-state index contributed by atoms with van der Waals surface area (Å²) in [7, 11) is 0. The molecule has 0 amide bonds. The number of hydrogen-bond acceptors (Lipinski definition) is 2. The standard InChI is InChI=1S/C59H32F8N4/c60-53-51(54(61)56(63)57(64)55(53)62)43-23-24-48(70-46-17-9-7-15-39(46)41-21-19-35(31-49(41)70)37-25-27-68-44(29-37)33-11-3-1-4-12-33)52(59(65,66)67)58(43)71-47-18-10-8-16-40(47)42-22-20-36(32-50(42)71)38-26-28-69-45(30-38)34-13-5-2-6-14-34/h1-32H. The predicted molar refractivity (Wildman–Crippen MR) is 263 cm³/mol. The number of aromatic nitrogens is 4. The molecular formula is C59H32F8N4. The van der Waals surface area contributed by atoms with Crippen LogP contribution in [0.4, 0.5) is 35.1 Å². The lowest BCUT2D eigenvalue weighted by Crippen LogP contribution is -2.17. The summed E-state index contributed by atoms with van der Waals surface area (Å²) in [6, 6.07) is 52.2. The molecule has 0 saturated carbocycles. The first-order valence-corrected chi connectivity index (χ1v) is 22.3. The number of para-hydroxylation sites is 2. The second-order valence-corrected chi connectivity index (χ2v) is 17.1. The maximum atomic E-state index is 16.9. The molecule has 4 nitrogen and oxygen atoms in total. The SMILES string of the molecule is Fc1c(F)c(F)c(-c2ccc(-n3c4ccccc4c4ccc(-c5ccnc(-c6ccccc6)c5)cc43)c(C(F)(F)F)c2-n2c3ccccc3c3ccc(-c4ccnc(-c5ccccc5)c4)cc32)c(F)c1F. The molecule has 0 N–H and O–H groups in total. The van der Waals surface area contributed by atoms with Gasteiger partial charge in [-0.2, -0.15) is 13.2 Å². The normalized spacial score (nSPS) is 11.9. The summed E-state index contributed by atoms with van der Waals surface area (Å²) in [6.07, 6.45) is -2.09. The fourth-order valence-corrected chi connectivity index (χ4v) is 9.88. The largest absolute Gasteiger partial charge is 0.420 e. The average molecular weight is 949 g/mol. The molecule has 12 aromatic rings. The second kappa shape index (κ2) is 16.7. The van der Waals surface area contributed by atoms with Gasteiger partial charge in [-0.25, -0.2) is 22.0 Å². The Morgan fingerprint density at radius 3 is 1.28 bits per heavy atom. The van der Waals surface area contributed by atoms with Gasteiger partial charge in [0.15, 0.2) is 23.3 Å². The molecule has 12 rings (SSSR count). The number of halogens is 8. The van der Waals surface area contributed by atoms with Crippen molar-refractivity contribution in [2.24, 2.45) is 0 Å². The number of rotatable bonds is 7. The summed E-state index contributed by atoms with van der Waals surface area (Å²) >= 11 is 0. The maximum Gasteiger partial charge on any atom is 0.420 e. The molecule has 344 valence electrons. The van der Waals surface area contributed by atoms with Crippen molar-refractivity contribution in [3.05, 3.63) is 229 Å². The van der Waals surface area contributed by atoms with Gasteiger partial charge < -0.3 is 9.13 Å². The lowest BCUT2D eigenvalue weighted by molar-refractivity contribution is -0.137. The summed E-state index contributed by atoms with van der Waals surface area (Å²) in [5.74, 6) is -11.6. The third-order valence-electron chi connectivity index (χ3n) is 13.1. The van der Waals surface area contributed by atoms with Gasteiger partial charge in [-0.3, -0.25) is 9.97 Å². The Morgan fingerprint density at radius 2 is 0.775 bits per heavy atom. The van der Waals surface area contributed by atoms with E-state index < -0.39 is 63.3 Å². The van der Waals surface area contributed by atoms with Crippen LogP contribution in [0.15, 0.2) is 194 Å². The first kappa shape index (κ1) is 43.4. The van der Waals surface area contributed by atoms with Crippen LogP contribution in [0.3, 0.4) is 0 Å². The first-order valence-electron chi connectivity index (χ1n) is 22.3. The van der Waals surface area contributed by atoms with Crippen molar-refractivity contribution in [1.82, 2.24) is 19.1 Å². The number of hydrogen-bond donors (Lipinski definition) is 0. The molecule has 0 spiro atoms. The van der Waals surface area contributed by atoms with Gasteiger partial charge in [0.2, 0.25) is 5.82 Å². The van der Waals surface area contributed by atoms with E-state index in [4.69, 9.17) is 0 Å². The van der Waals surface area contributed by atoms with Crippen LogP contribution in [0.25, 0.3) is 111 Å². The Kier molecular flexibility index (Phi) is 10.2. The third-order valence-corrected chi connectivity index (χ3v) is 13.1. The number of benzene rings is 8. The van der Waals surface area contributed by atoms with E-state index in [1.54, 1.807) is 97.3 Å². The number of pyridine rings is 2. The Labute approximate surface area is 399 Å². The topological polar surface area (TPSA) is 35.6 Å². The van der Waals surface area contributed by atoms with E-state index in [2.05, 4.69) is 9.97 Å². The molecule has 12 heteroatoms. The number of nitrogens with zero attached hydrogens (tertiary/aromatic N) is 4. The molecule has 0 radical (unpaired) electrons. The lowest BCUT2D eigenvalue weighted by Gasteiger charge is -2.25. The molecule has 0 unspecified atom stereocenters. The summed E-state index contributed by atoms with van der Waals surface area (Å²) in [6.45, 7) is 0. The van der Waals surface area contributed by atoms with Crippen molar-refractivity contribution in [3.63, 3.8) is 0 Å². The van der Waals surface area contributed by atoms with Crippen LogP contribution in [-0.2, 0) is 6.18 Å². The molecule has 0 aliphatic heterocycles. The highest BCUT2D eigenvalue weighted by atomic mass is 19.4. The molecule has 0 bridgehead atoms. The van der Waals surface area contributed by atoms with Crippen LogP contribution in [0.5, 0.6) is 0 Å². The lowest BCUT2D eigenvalue weighted by atomic mass is 9.95. The molecule has 0 saturated heterocycles. The zero-order chi connectivity index (χ0) is 48.7. The molecule has 4 aromatic heterocycles. The molecule has 0 aliphatic rings. The fraction of sp³-hybridized carbons (Fsp3) is 0.0169. The van der Waals surface area contributed by atoms with Crippen LogP contribution in [-0.4, -0.2) is 19.1 Å². The van der Waals surface area contributed by atoms with Gasteiger partial charge >= 0.3 is 6.18 Å². The van der Waals surface area contributed by atoms with Gasteiger partial charge in [0.25, 0.3) is 0 Å². The Bertz CT molecular complexity index is 4080. The monoisotopic (exact) mass is 948 g/mol. The van der Waals surface area contributed by atoms with Crippen LogP contribution in [0.2, 0.25) is 0 Å². The van der Waals surface area contributed by atoms with Crippen LogP contribution < -0.4 is 0 Å². The van der Waals surface area contributed by atoms with Crippen LogP contribution in [0.1, 0.15) is 5.56 Å². The summed E-state index contributed by atoms with van der Waals surface area (Å²) in [5.41, 5.74) is 1.44.